The van der Waals surface area contributed by atoms with Gasteiger partial charge < -0.3 is 10.2 Å². The van der Waals surface area contributed by atoms with Crippen molar-refractivity contribution in [3.8, 4) is 11.1 Å². The van der Waals surface area contributed by atoms with E-state index in [1.54, 1.807) is 11.3 Å². The molecule has 1 aliphatic carbocycles. The molecule has 1 aliphatic heterocycles. The number of para-hydroxylation sites is 1. The second kappa shape index (κ2) is 10.8. The highest BCUT2D eigenvalue weighted by atomic mass is 32.1. The van der Waals surface area contributed by atoms with Crippen molar-refractivity contribution in [2.75, 3.05) is 10.2 Å². The van der Waals surface area contributed by atoms with Crippen LogP contribution in [-0.4, -0.2) is 5.71 Å². The standard InChI is InChI=1S/C43H33N3S/c1-43(2)36-19-11-9-17-33(36)34-26-25-32(27-37(34)43)46(30-15-7-4-8-16-30)31-23-21-29(22-24-31)42-44-39(28-13-5-3-6-14-28)41-40(45-42)35-18-10-12-20-38(35)47-41/h3-27,42,45H,1-2H3. The molecule has 3 nitrogen and oxygen atoms in total. The first-order chi connectivity index (χ1) is 23.1. The third-order valence-electron chi connectivity index (χ3n) is 9.70. The first-order valence-electron chi connectivity index (χ1n) is 16.2. The molecule has 6 aromatic carbocycles. The molecular weight excluding hydrogens is 591 g/mol. The van der Waals surface area contributed by atoms with Crippen molar-refractivity contribution in [3.63, 3.8) is 0 Å². The number of nitrogens with one attached hydrogen (secondary N) is 1. The molecule has 9 rings (SSSR count). The van der Waals surface area contributed by atoms with Gasteiger partial charge in [0, 0.05) is 38.1 Å². The maximum atomic E-state index is 5.33. The summed E-state index contributed by atoms with van der Waals surface area (Å²) in [7, 11) is 0. The molecule has 226 valence electrons. The topological polar surface area (TPSA) is 27.6 Å². The summed E-state index contributed by atoms with van der Waals surface area (Å²) < 4.78 is 1.27. The molecule has 2 heterocycles. The molecule has 1 atom stereocenters. The Labute approximate surface area is 279 Å². The fraction of sp³-hybridized carbons (Fsp3) is 0.0930. The Morgan fingerprint density at radius 3 is 2.06 bits per heavy atom. The second-order valence-corrected chi connectivity index (χ2v) is 13.9. The number of hydrogen-bond acceptors (Lipinski definition) is 4. The van der Waals surface area contributed by atoms with Crippen LogP contribution in [-0.2, 0) is 5.41 Å². The quantitative estimate of drug-likeness (QED) is 0.207. The third-order valence-corrected chi connectivity index (χ3v) is 10.9. The van der Waals surface area contributed by atoms with Crippen LogP contribution in [0, 0.1) is 0 Å². The SMILES string of the molecule is CC1(C)c2ccccc2-c2ccc(N(c3ccccc3)c3ccc(C4N=C(c5ccccc5)c5sc6ccccc6c5N4)cc3)cc21. The van der Waals surface area contributed by atoms with Crippen LogP contribution in [0.25, 0.3) is 21.2 Å². The van der Waals surface area contributed by atoms with Gasteiger partial charge in [-0.2, -0.15) is 0 Å². The van der Waals surface area contributed by atoms with Crippen molar-refractivity contribution in [2.45, 2.75) is 25.4 Å². The number of anilines is 4. The van der Waals surface area contributed by atoms with E-state index in [-0.39, 0.29) is 11.6 Å². The van der Waals surface area contributed by atoms with E-state index in [2.05, 4.69) is 176 Å². The van der Waals surface area contributed by atoms with Gasteiger partial charge in [0.05, 0.1) is 16.3 Å². The maximum absolute atomic E-state index is 5.33. The van der Waals surface area contributed by atoms with Crippen molar-refractivity contribution in [3.05, 3.63) is 179 Å². The largest absolute Gasteiger partial charge is 0.358 e. The molecule has 1 aromatic heterocycles. The van der Waals surface area contributed by atoms with E-state index in [9.17, 15) is 0 Å². The number of fused-ring (bicyclic) bond motifs is 6. The molecule has 7 aromatic rings. The Bertz CT molecular complexity index is 2300. The van der Waals surface area contributed by atoms with Gasteiger partial charge in [0.1, 0.15) is 6.17 Å². The predicted molar refractivity (Wildman–Crippen MR) is 199 cm³/mol. The Kier molecular flexibility index (Phi) is 6.41. The van der Waals surface area contributed by atoms with Gasteiger partial charge in [-0.25, -0.2) is 0 Å². The minimum absolute atomic E-state index is 0.0695. The summed E-state index contributed by atoms with van der Waals surface area (Å²) in [4.78, 5) is 8.89. The summed E-state index contributed by atoms with van der Waals surface area (Å²) in [5.74, 6) is 0. The first kappa shape index (κ1) is 27.8. The second-order valence-electron chi connectivity index (χ2n) is 12.9. The molecule has 0 bridgehead atoms. The van der Waals surface area contributed by atoms with Crippen LogP contribution in [0.2, 0.25) is 0 Å². The van der Waals surface area contributed by atoms with Gasteiger partial charge in [0.2, 0.25) is 0 Å². The number of rotatable bonds is 5. The lowest BCUT2D eigenvalue weighted by Gasteiger charge is -2.29. The molecule has 47 heavy (non-hydrogen) atoms. The monoisotopic (exact) mass is 623 g/mol. The lowest BCUT2D eigenvalue weighted by atomic mass is 9.82. The van der Waals surface area contributed by atoms with E-state index in [1.807, 2.05) is 0 Å². The fourth-order valence-corrected chi connectivity index (χ4v) is 8.52. The number of hydrogen-bond donors (Lipinski definition) is 1. The Hall–Kier alpha value is -5.45. The highest BCUT2D eigenvalue weighted by Crippen LogP contribution is 2.50. The van der Waals surface area contributed by atoms with Gasteiger partial charge in [0.25, 0.3) is 0 Å². The first-order valence-corrected chi connectivity index (χ1v) is 17.0. The molecule has 1 unspecified atom stereocenters. The van der Waals surface area contributed by atoms with E-state index in [0.717, 1.165) is 33.9 Å². The summed E-state index contributed by atoms with van der Waals surface area (Å²) in [6, 6.07) is 54.5. The molecule has 0 spiro atoms. The van der Waals surface area contributed by atoms with Gasteiger partial charge >= 0.3 is 0 Å². The van der Waals surface area contributed by atoms with Gasteiger partial charge in [-0.05, 0) is 70.3 Å². The summed E-state index contributed by atoms with van der Waals surface area (Å²) in [5.41, 5.74) is 13.2. The number of benzene rings is 6. The normalized spacial score (nSPS) is 15.7. The van der Waals surface area contributed by atoms with Crippen LogP contribution in [0.5, 0.6) is 0 Å². The van der Waals surface area contributed by atoms with Crippen molar-refractivity contribution < 1.29 is 0 Å². The summed E-state index contributed by atoms with van der Waals surface area (Å²) in [6.45, 7) is 4.68. The van der Waals surface area contributed by atoms with Crippen LogP contribution in [0.3, 0.4) is 0 Å². The number of thiophene rings is 1. The van der Waals surface area contributed by atoms with E-state index >= 15 is 0 Å². The molecule has 4 heteroatoms. The zero-order valence-corrected chi connectivity index (χ0v) is 27.1. The Morgan fingerprint density at radius 1 is 0.617 bits per heavy atom. The van der Waals surface area contributed by atoms with Crippen molar-refractivity contribution in [1.29, 1.82) is 0 Å². The maximum Gasteiger partial charge on any atom is 0.145 e. The van der Waals surface area contributed by atoms with E-state index < -0.39 is 0 Å². The van der Waals surface area contributed by atoms with Crippen LogP contribution in [0.15, 0.2) is 157 Å². The molecule has 0 radical (unpaired) electrons. The minimum atomic E-state index is -0.200. The lowest BCUT2D eigenvalue weighted by molar-refractivity contribution is 0.660. The predicted octanol–water partition coefficient (Wildman–Crippen LogP) is 11.6. The molecule has 0 fully saturated rings. The molecule has 0 amide bonds. The van der Waals surface area contributed by atoms with E-state index in [0.29, 0.717) is 0 Å². The average Bonchev–Trinajstić information content (AvgIpc) is 3.61. The molecule has 1 N–H and O–H groups in total. The Morgan fingerprint density at radius 2 is 1.26 bits per heavy atom. The van der Waals surface area contributed by atoms with E-state index in [1.165, 1.54) is 42.9 Å². The van der Waals surface area contributed by atoms with Crippen molar-refractivity contribution >= 4 is 49.9 Å². The Balaban J connectivity index is 1.12. The number of aliphatic imine (C=N–C) groups is 1. The van der Waals surface area contributed by atoms with Crippen molar-refractivity contribution in [2.24, 2.45) is 4.99 Å². The minimum Gasteiger partial charge on any atom is -0.358 e. The van der Waals surface area contributed by atoms with Crippen LogP contribution in [0.4, 0.5) is 22.7 Å². The van der Waals surface area contributed by atoms with Gasteiger partial charge in [-0.1, -0.05) is 123 Å². The molecule has 0 saturated heterocycles. The van der Waals surface area contributed by atoms with Gasteiger partial charge in [-0.3, -0.25) is 4.99 Å². The highest BCUT2D eigenvalue weighted by molar-refractivity contribution is 7.22. The van der Waals surface area contributed by atoms with Gasteiger partial charge in [-0.15, -0.1) is 11.3 Å². The molecular formula is C43H33N3S. The van der Waals surface area contributed by atoms with Crippen LogP contribution in [0.1, 0.15) is 47.1 Å². The zero-order valence-electron chi connectivity index (χ0n) is 26.3. The highest BCUT2D eigenvalue weighted by Gasteiger charge is 2.35. The van der Waals surface area contributed by atoms with Crippen LogP contribution < -0.4 is 10.2 Å². The fourth-order valence-electron chi connectivity index (χ4n) is 7.33. The summed E-state index contributed by atoms with van der Waals surface area (Å²) >= 11 is 1.81. The summed E-state index contributed by atoms with van der Waals surface area (Å²) in [6.07, 6.45) is -0.200. The van der Waals surface area contributed by atoms with Gasteiger partial charge in [0.15, 0.2) is 0 Å². The lowest BCUT2D eigenvalue weighted by Crippen LogP contribution is -2.19. The third kappa shape index (κ3) is 4.51. The molecule has 2 aliphatic rings. The average molecular weight is 624 g/mol. The smallest absolute Gasteiger partial charge is 0.145 e. The van der Waals surface area contributed by atoms with Crippen LogP contribution >= 0.6 is 11.3 Å². The van der Waals surface area contributed by atoms with E-state index in [4.69, 9.17) is 4.99 Å². The number of nitrogens with zero attached hydrogens (tertiary/aromatic N) is 2. The zero-order chi connectivity index (χ0) is 31.5. The molecule has 0 saturated carbocycles. The summed E-state index contributed by atoms with van der Waals surface area (Å²) in [5, 5.41) is 5.05. The van der Waals surface area contributed by atoms with Crippen molar-refractivity contribution in [1.82, 2.24) is 0 Å².